The molecule has 0 atom stereocenters. The number of benzene rings is 1. The molecule has 77 valence electrons. The number of hydrogen-bond donors (Lipinski definition) is 0. The van der Waals surface area contributed by atoms with Gasteiger partial charge in [0.1, 0.15) is 0 Å². The maximum atomic E-state index is 2.16. The molecule has 1 radical (unpaired) electrons. The van der Waals surface area contributed by atoms with Crippen LogP contribution in [0.1, 0.15) is 5.56 Å². The summed E-state index contributed by atoms with van der Waals surface area (Å²) in [4.78, 5) is 0. The minimum Gasteiger partial charge on any atom is -1.00 e. The molecule has 3 heteroatoms. The van der Waals surface area contributed by atoms with E-state index in [1.165, 1.54) is 16.7 Å². The first-order valence-corrected chi connectivity index (χ1v) is 4.15. The minimum absolute atomic E-state index is 0. The van der Waals surface area contributed by atoms with Crippen LogP contribution < -0.4 is 24.8 Å². The van der Waals surface area contributed by atoms with Crippen LogP contribution in [0.3, 0.4) is 0 Å². The van der Waals surface area contributed by atoms with Crippen LogP contribution in [0.4, 0.5) is 0 Å². The first-order chi connectivity index (χ1) is 5.88. The van der Waals surface area contributed by atoms with Gasteiger partial charge in [-0.3, -0.25) is 0 Å². The van der Waals surface area contributed by atoms with E-state index < -0.39 is 0 Å². The second-order valence-electron chi connectivity index (χ2n) is 2.99. The number of hydrogen-bond acceptors (Lipinski definition) is 0. The molecule has 0 aromatic heterocycles. The molecule has 0 amide bonds. The smallest absolute Gasteiger partial charge is 1.00 e. The first kappa shape index (κ1) is 17.4. The molecule has 0 heterocycles. The van der Waals surface area contributed by atoms with E-state index >= 15 is 0 Å². The fourth-order valence-corrected chi connectivity index (χ4v) is 1.45. The average Bonchev–Trinajstić information content (AvgIpc) is 2.53. The van der Waals surface area contributed by atoms with Crippen LogP contribution in [0.5, 0.6) is 0 Å². The van der Waals surface area contributed by atoms with Crippen LogP contribution in [-0.2, 0) is 26.2 Å². The quantitative estimate of drug-likeness (QED) is 0.506. The van der Waals surface area contributed by atoms with Crippen LogP contribution in [0.15, 0.2) is 48.5 Å². The Morgan fingerprint density at radius 2 is 1.47 bits per heavy atom. The van der Waals surface area contributed by atoms with Gasteiger partial charge in [-0.2, -0.15) is 6.07 Å². The summed E-state index contributed by atoms with van der Waals surface area (Å²) in [5.41, 5.74) is 4.00. The van der Waals surface area contributed by atoms with Gasteiger partial charge >= 0.3 is 26.2 Å². The molecular weight excluding hydrogens is 306 g/mol. The summed E-state index contributed by atoms with van der Waals surface area (Å²) in [7, 11) is 0. The predicted octanol–water partition coefficient (Wildman–Crippen LogP) is -2.61. The molecule has 2 rings (SSSR count). The molecule has 2 aromatic carbocycles. The first-order valence-electron chi connectivity index (χ1n) is 4.15. The topological polar surface area (TPSA) is 0 Å². The third-order valence-corrected chi connectivity index (χ3v) is 2.12. The molecule has 15 heavy (non-hydrogen) atoms. The van der Waals surface area contributed by atoms with Crippen molar-refractivity contribution in [3.63, 3.8) is 0 Å². The molecule has 0 N–H and O–H groups in total. The maximum absolute atomic E-state index is 2.16. The van der Waals surface area contributed by atoms with Gasteiger partial charge in [0.25, 0.3) is 0 Å². The molecule has 0 bridgehead atoms. The zero-order chi connectivity index (χ0) is 8.39. The average molecular weight is 317 g/mol. The zero-order valence-corrected chi connectivity index (χ0v) is 12.3. The third-order valence-electron chi connectivity index (χ3n) is 2.12. The van der Waals surface area contributed by atoms with Gasteiger partial charge in [0.2, 0.25) is 0 Å². The van der Waals surface area contributed by atoms with Crippen molar-refractivity contribution < 1.29 is 51.0 Å². The largest absolute Gasteiger partial charge is 3.00 e. The van der Waals surface area contributed by atoms with Crippen LogP contribution in [0.25, 0.3) is 11.1 Å². The summed E-state index contributed by atoms with van der Waals surface area (Å²) in [6.45, 7) is 2.14. The predicted molar refractivity (Wildman–Crippen MR) is 52.2 cm³/mol. The summed E-state index contributed by atoms with van der Waals surface area (Å²) < 4.78 is 0. The third kappa shape index (κ3) is 4.19. The molecule has 2 aromatic rings. The maximum Gasteiger partial charge on any atom is 3.00 e. The Labute approximate surface area is 122 Å². The van der Waals surface area contributed by atoms with Crippen LogP contribution >= 0.6 is 0 Å². The normalized spacial score (nSPS) is 8.07. The van der Waals surface area contributed by atoms with Crippen LogP contribution in [0.2, 0.25) is 0 Å². The molecule has 0 unspecified atom stereocenters. The van der Waals surface area contributed by atoms with E-state index in [1.807, 2.05) is 6.07 Å². The van der Waals surface area contributed by atoms with Crippen molar-refractivity contribution in [1.82, 2.24) is 0 Å². The number of rotatable bonds is 1. The van der Waals surface area contributed by atoms with Gasteiger partial charge in [-0.05, 0) is 0 Å². The van der Waals surface area contributed by atoms with Crippen molar-refractivity contribution in [3.8, 4) is 11.1 Å². The van der Waals surface area contributed by atoms with Gasteiger partial charge in [-0.15, -0.1) is 35.4 Å². The van der Waals surface area contributed by atoms with Crippen molar-refractivity contribution in [2.75, 3.05) is 0 Å². The van der Waals surface area contributed by atoms with Gasteiger partial charge in [-0.1, -0.05) is 30.7 Å². The molecule has 0 saturated heterocycles. The van der Waals surface area contributed by atoms with Crippen LogP contribution in [-0.4, -0.2) is 0 Å². The number of halogens is 2. The van der Waals surface area contributed by atoms with Crippen molar-refractivity contribution in [1.29, 1.82) is 0 Å². The summed E-state index contributed by atoms with van der Waals surface area (Å²) in [6, 6.07) is 16.9. The molecule has 0 spiro atoms. The zero-order valence-electron chi connectivity index (χ0n) is 8.37. The van der Waals surface area contributed by atoms with E-state index in [0.717, 1.165) is 0 Å². The van der Waals surface area contributed by atoms with E-state index in [2.05, 4.69) is 49.4 Å². The SMILES string of the molecule is Cc1ccc[c-]1-c1ccccc1.[Cl-].[Cl-].[Zr+3]. The van der Waals surface area contributed by atoms with Gasteiger partial charge in [0.15, 0.2) is 0 Å². The van der Waals surface area contributed by atoms with Crippen molar-refractivity contribution in [2.24, 2.45) is 0 Å². The Kier molecular flexibility index (Phi) is 9.55. The van der Waals surface area contributed by atoms with E-state index in [0.29, 0.717) is 0 Å². The van der Waals surface area contributed by atoms with Crippen LogP contribution in [0, 0.1) is 6.92 Å². The fourth-order valence-electron chi connectivity index (χ4n) is 1.45. The Hall–Kier alpha value is 0.0331. The summed E-state index contributed by atoms with van der Waals surface area (Å²) in [6.07, 6.45) is 0. The van der Waals surface area contributed by atoms with E-state index in [-0.39, 0.29) is 51.0 Å². The second kappa shape index (κ2) is 8.22. The standard InChI is InChI=1S/C12H11.2ClH.Zr/c1-10-6-5-9-12(10)11-7-3-2-4-8-11;;;/h2-9H,1H3;2*1H;/q-1;;;+3/p-2. The molecule has 0 saturated carbocycles. The van der Waals surface area contributed by atoms with E-state index in [9.17, 15) is 0 Å². The molecule has 0 aliphatic rings. The monoisotopic (exact) mass is 315 g/mol. The van der Waals surface area contributed by atoms with Gasteiger partial charge < -0.3 is 24.8 Å². The number of aryl methyl sites for hydroxylation is 1. The minimum atomic E-state index is 0. The van der Waals surface area contributed by atoms with Crippen molar-refractivity contribution >= 4 is 0 Å². The van der Waals surface area contributed by atoms with Gasteiger partial charge in [0.05, 0.1) is 0 Å². The molecule has 0 aliphatic carbocycles. The van der Waals surface area contributed by atoms with E-state index in [1.54, 1.807) is 0 Å². The summed E-state index contributed by atoms with van der Waals surface area (Å²) >= 11 is 0. The Bertz CT molecular complexity index is 368. The molecular formula is C12H11Cl2Zr. The molecule has 0 nitrogen and oxygen atoms in total. The van der Waals surface area contributed by atoms with Gasteiger partial charge in [0, 0.05) is 0 Å². The van der Waals surface area contributed by atoms with E-state index in [4.69, 9.17) is 0 Å². The molecule has 0 aliphatic heterocycles. The summed E-state index contributed by atoms with van der Waals surface area (Å²) in [5.74, 6) is 0. The Morgan fingerprint density at radius 3 is 1.93 bits per heavy atom. The van der Waals surface area contributed by atoms with Crippen molar-refractivity contribution in [2.45, 2.75) is 6.92 Å². The van der Waals surface area contributed by atoms with Crippen molar-refractivity contribution in [3.05, 3.63) is 54.1 Å². The summed E-state index contributed by atoms with van der Waals surface area (Å²) in [5, 5.41) is 0. The Balaban J connectivity index is 0. The fraction of sp³-hybridized carbons (Fsp3) is 0.0833. The Morgan fingerprint density at radius 1 is 0.867 bits per heavy atom. The van der Waals surface area contributed by atoms with Gasteiger partial charge in [-0.25, -0.2) is 0 Å². The second-order valence-corrected chi connectivity index (χ2v) is 2.99. The molecule has 0 fully saturated rings.